The molecule has 0 spiro atoms. The van der Waals surface area contributed by atoms with E-state index in [1.54, 1.807) is 6.08 Å². The van der Waals surface area contributed by atoms with E-state index in [2.05, 4.69) is 47.2 Å². The smallest absolute Gasteiger partial charge is 0.188 e. The van der Waals surface area contributed by atoms with E-state index >= 15 is 0 Å². The molecule has 0 unspecified atom stereocenters. The molecule has 1 aliphatic rings. The van der Waals surface area contributed by atoms with Gasteiger partial charge in [0.25, 0.3) is 0 Å². The number of rotatable bonds is 6. The predicted octanol–water partition coefficient (Wildman–Crippen LogP) is 2.10. The molecule has 1 fully saturated rings. The lowest BCUT2D eigenvalue weighted by molar-refractivity contribution is 0.521. The van der Waals surface area contributed by atoms with Crippen LogP contribution in [0.4, 0.5) is 0 Å². The maximum Gasteiger partial charge on any atom is 0.188 e. The first kappa shape index (κ1) is 12.7. The molecule has 1 saturated carbocycles. The minimum absolute atomic E-state index is 0.349. The summed E-state index contributed by atoms with van der Waals surface area (Å²) in [7, 11) is 0. The van der Waals surface area contributed by atoms with Crippen LogP contribution in [0.5, 0.6) is 0 Å². The maximum absolute atomic E-state index is 5.78. The van der Waals surface area contributed by atoms with Crippen molar-refractivity contribution in [3.63, 3.8) is 0 Å². The topological polar surface area (TPSA) is 50.4 Å². The summed E-state index contributed by atoms with van der Waals surface area (Å²) in [6, 6.07) is 10.6. The first-order valence-corrected chi connectivity index (χ1v) is 6.43. The lowest BCUT2D eigenvalue weighted by Gasteiger charge is -2.13. The van der Waals surface area contributed by atoms with Gasteiger partial charge in [-0.2, -0.15) is 0 Å². The summed E-state index contributed by atoms with van der Waals surface area (Å²) in [5.41, 5.74) is 7.52. The third-order valence-corrected chi connectivity index (χ3v) is 3.39. The summed E-state index contributed by atoms with van der Waals surface area (Å²) < 4.78 is 0. The van der Waals surface area contributed by atoms with Gasteiger partial charge >= 0.3 is 0 Å². The van der Waals surface area contributed by atoms with Crippen molar-refractivity contribution >= 4 is 5.96 Å². The fourth-order valence-corrected chi connectivity index (χ4v) is 2.08. The van der Waals surface area contributed by atoms with E-state index in [0.29, 0.717) is 17.9 Å². The van der Waals surface area contributed by atoms with Crippen molar-refractivity contribution < 1.29 is 0 Å². The van der Waals surface area contributed by atoms with Gasteiger partial charge in [0.1, 0.15) is 0 Å². The van der Waals surface area contributed by atoms with Crippen LogP contribution in [0.3, 0.4) is 0 Å². The van der Waals surface area contributed by atoms with Gasteiger partial charge in [-0.1, -0.05) is 36.4 Å². The Labute approximate surface area is 109 Å². The first-order valence-electron chi connectivity index (χ1n) is 6.43. The van der Waals surface area contributed by atoms with Gasteiger partial charge in [-0.25, -0.2) is 0 Å². The van der Waals surface area contributed by atoms with Gasteiger partial charge in [-0.3, -0.25) is 4.99 Å². The monoisotopic (exact) mass is 243 g/mol. The predicted molar refractivity (Wildman–Crippen MR) is 76.5 cm³/mol. The van der Waals surface area contributed by atoms with E-state index in [0.717, 1.165) is 13.0 Å². The Morgan fingerprint density at radius 1 is 1.39 bits per heavy atom. The van der Waals surface area contributed by atoms with Crippen LogP contribution in [-0.4, -0.2) is 19.0 Å². The van der Waals surface area contributed by atoms with Crippen molar-refractivity contribution in [1.29, 1.82) is 0 Å². The number of aliphatic imine (C=N–C) groups is 1. The van der Waals surface area contributed by atoms with Gasteiger partial charge in [0.2, 0.25) is 0 Å². The second kappa shape index (κ2) is 5.71. The highest BCUT2D eigenvalue weighted by atomic mass is 15.1. The molecule has 18 heavy (non-hydrogen) atoms. The van der Waals surface area contributed by atoms with Crippen LogP contribution < -0.4 is 11.1 Å². The number of nitrogens with zero attached hydrogens (tertiary/aromatic N) is 1. The molecule has 0 radical (unpaired) electrons. The van der Waals surface area contributed by atoms with E-state index in [1.165, 1.54) is 18.4 Å². The van der Waals surface area contributed by atoms with Gasteiger partial charge in [0.05, 0.1) is 0 Å². The second-order valence-corrected chi connectivity index (χ2v) is 5.03. The molecule has 0 heterocycles. The molecule has 1 aromatic rings. The lowest BCUT2D eigenvalue weighted by Crippen LogP contribution is -2.32. The molecule has 0 saturated heterocycles. The van der Waals surface area contributed by atoms with Gasteiger partial charge in [-0.15, -0.1) is 6.58 Å². The highest BCUT2D eigenvalue weighted by molar-refractivity contribution is 5.77. The summed E-state index contributed by atoms with van der Waals surface area (Å²) >= 11 is 0. The third kappa shape index (κ3) is 3.62. The van der Waals surface area contributed by atoms with Crippen LogP contribution in [0.25, 0.3) is 0 Å². The molecule has 96 valence electrons. The summed E-state index contributed by atoms with van der Waals surface area (Å²) in [5, 5.41) is 3.01. The third-order valence-electron chi connectivity index (χ3n) is 3.39. The minimum Gasteiger partial charge on any atom is -0.370 e. The zero-order valence-corrected chi connectivity index (χ0v) is 10.7. The van der Waals surface area contributed by atoms with Crippen LogP contribution in [0, 0.1) is 5.41 Å². The molecule has 1 aromatic carbocycles. The largest absolute Gasteiger partial charge is 0.370 e. The summed E-state index contributed by atoms with van der Waals surface area (Å²) in [4.78, 5) is 4.43. The molecular weight excluding hydrogens is 222 g/mol. The molecular formula is C15H21N3. The number of hydrogen-bond acceptors (Lipinski definition) is 1. The first-order chi connectivity index (χ1) is 8.74. The molecule has 0 aliphatic heterocycles. The molecule has 0 bridgehead atoms. The fraction of sp³-hybridized carbons (Fsp3) is 0.400. The van der Waals surface area contributed by atoms with E-state index in [1.807, 2.05) is 0 Å². The summed E-state index contributed by atoms with van der Waals surface area (Å²) in [5.74, 6) is 0.522. The van der Waals surface area contributed by atoms with Crippen LogP contribution in [-0.2, 0) is 6.42 Å². The highest BCUT2D eigenvalue weighted by Crippen LogP contribution is 2.48. The quantitative estimate of drug-likeness (QED) is 0.457. The standard InChI is InChI=1S/C15H21N3/c1-2-10-17-14(16)18-12-15(8-9-15)11-13-6-4-3-5-7-13/h2-7H,1,8-12H2,(H3,16,17,18). The Bertz CT molecular complexity index is 419. The summed E-state index contributed by atoms with van der Waals surface area (Å²) in [6.45, 7) is 5.12. The molecule has 0 amide bonds. The maximum atomic E-state index is 5.78. The van der Waals surface area contributed by atoms with Crippen LogP contribution >= 0.6 is 0 Å². The van der Waals surface area contributed by atoms with Crippen molar-refractivity contribution in [2.75, 3.05) is 13.1 Å². The Balaban J connectivity index is 1.87. The Morgan fingerprint density at radius 2 is 2.11 bits per heavy atom. The number of benzene rings is 1. The van der Waals surface area contributed by atoms with Gasteiger partial charge in [-0.05, 0) is 30.2 Å². The highest BCUT2D eigenvalue weighted by Gasteiger charge is 2.42. The Hall–Kier alpha value is -1.77. The van der Waals surface area contributed by atoms with Crippen molar-refractivity contribution in [2.24, 2.45) is 16.1 Å². The molecule has 0 atom stereocenters. The van der Waals surface area contributed by atoms with Gasteiger partial charge in [0, 0.05) is 13.1 Å². The molecule has 3 N–H and O–H groups in total. The van der Waals surface area contributed by atoms with E-state index in [9.17, 15) is 0 Å². The molecule has 1 aliphatic carbocycles. The van der Waals surface area contributed by atoms with Gasteiger partial charge in [0.15, 0.2) is 5.96 Å². The Kier molecular flexibility index (Phi) is 4.03. The molecule has 3 heteroatoms. The summed E-state index contributed by atoms with van der Waals surface area (Å²) in [6.07, 6.45) is 5.38. The van der Waals surface area contributed by atoms with Crippen molar-refractivity contribution in [3.05, 3.63) is 48.6 Å². The number of nitrogens with two attached hydrogens (primary N) is 1. The molecule has 0 aromatic heterocycles. The molecule has 3 nitrogen and oxygen atoms in total. The van der Waals surface area contributed by atoms with Crippen LogP contribution in [0.1, 0.15) is 18.4 Å². The molecule has 2 rings (SSSR count). The van der Waals surface area contributed by atoms with Crippen LogP contribution in [0.2, 0.25) is 0 Å². The van der Waals surface area contributed by atoms with E-state index < -0.39 is 0 Å². The van der Waals surface area contributed by atoms with E-state index in [-0.39, 0.29) is 0 Å². The van der Waals surface area contributed by atoms with Crippen molar-refractivity contribution in [2.45, 2.75) is 19.3 Å². The zero-order valence-electron chi connectivity index (χ0n) is 10.7. The van der Waals surface area contributed by atoms with E-state index in [4.69, 9.17) is 5.73 Å². The average molecular weight is 243 g/mol. The van der Waals surface area contributed by atoms with Crippen LogP contribution in [0.15, 0.2) is 48.0 Å². The normalized spacial score (nSPS) is 17.2. The van der Waals surface area contributed by atoms with Gasteiger partial charge < -0.3 is 11.1 Å². The fourth-order valence-electron chi connectivity index (χ4n) is 2.08. The number of hydrogen-bond donors (Lipinski definition) is 2. The zero-order chi connectivity index (χ0) is 12.8. The average Bonchev–Trinajstić information content (AvgIpc) is 3.15. The second-order valence-electron chi connectivity index (χ2n) is 5.03. The SMILES string of the molecule is C=CCNC(N)=NCC1(Cc2ccccc2)CC1. The minimum atomic E-state index is 0.349. The lowest BCUT2D eigenvalue weighted by atomic mass is 9.97. The Morgan fingerprint density at radius 3 is 2.72 bits per heavy atom. The number of guanidine groups is 1. The van der Waals surface area contributed by atoms with Crippen molar-refractivity contribution in [3.8, 4) is 0 Å². The number of nitrogens with one attached hydrogen (secondary N) is 1. The van der Waals surface area contributed by atoms with Crippen molar-refractivity contribution in [1.82, 2.24) is 5.32 Å².